The fourth-order valence-electron chi connectivity index (χ4n) is 1.64. The SMILES string of the molecule is CCC(C)Cc1nc2cc(C(=O)O)ccc2o1. The predicted octanol–water partition coefficient (Wildman–Crippen LogP) is 3.11. The lowest BCUT2D eigenvalue weighted by Gasteiger charge is -2.02. The molecule has 90 valence electrons. The average molecular weight is 233 g/mol. The Morgan fingerprint density at radius 1 is 1.53 bits per heavy atom. The Kier molecular flexibility index (Phi) is 3.13. The minimum atomic E-state index is -0.946. The molecule has 1 aromatic carbocycles. The Labute approximate surface area is 99.3 Å². The Morgan fingerprint density at radius 3 is 2.94 bits per heavy atom. The zero-order chi connectivity index (χ0) is 12.4. The van der Waals surface area contributed by atoms with Crippen molar-refractivity contribution in [2.24, 2.45) is 5.92 Å². The molecule has 1 atom stereocenters. The van der Waals surface area contributed by atoms with Gasteiger partial charge >= 0.3 is 5.97 Å². The molecular weight excluding hydrogens is 218 g/mol. The molecule has 0 bridgehead atoms. The van der Waals surface area contributed by atoms with E-state index >= 15 is 0 Å². The second-order valence-electron chi connectivity index (χ2n) is 4.31. The molecule has 1 heterocycles. The summed E-state index contributed by atoms with van der Waals surface area (Å²) in [6, 6.07) is 4.73. The first-order valence-electron chi connectivity index (χ1n) is 5.73. The lowest BCUT2D eigenvalue weighted by atomic mass is 10.1. The number of hydrogen-bond donors (Lipinski definition) is 1. The quantitative estimate of drug-likeness (QED) is 0.881. The molecule has 1 aromatic heterocycles. The third-order valence-electron chi connectivity index (χ3n) is 2.90. The van der Waals surface area contributed by atoms with Crippen molar-refractivity contribution in [1.82, 2.24) is 4.98 Å². The number of oxazole rings is 1. The van der Waals surface area contributed by atoms with E-state index < -0.39 is 5.97 Å². The van der Waals surface area contributed by atoms with Crippen LogP contribution < -0.4 is 0 Å². The molecule has 0 saturated carbocycles. The average Bonchev–Trinajstić information content (AvgIpc) is 2.69. The molecule has 0 fully saturated rings. The van der Waals surface area contributed by atoms with Gasteiger partial charge in [0, 0.05) is 6.42 Å². The molecule has 2 aromatic rings. The van der Waals surface area contributed by atoms with Crippen LogP contribution in [0.15, 0.2) is 22.6 Å². The van der Waals surface area contributed by atoms with Gasteiger partial charge in [-0.05, 0) is 24.1 Å². The second kappa shape index (κ2) is 4.57. The zero-order valence-corrected chi connectivity index (χ0v) is 9.93. The van der Waals surface area contributed by atoms with Crippen LogP contribution in [0.25, 0.3) is 11.1 Å². The van der Waals surface area contributed by atoms with Gasteiger partial charge in [0.1, 0.15) is 5.52 Å². The third kappa shape index (κ3) is 2.46. The van der Waals surface area contributed by atoms with Crippen molar-refractivity contribution in [1.29, 1.82) is 0 Å². The lowest BCUT2D eigenvalue weighted by Crippen LogP contribution is -1.97. The van der Waals surface area contributed by atoms with E-state index in [1.54, 1.807) is 12.1 Å². The summed E-state index contributed by atoms with van der Waals surface area (Å²) in [5.41, 5.74) is 1.50. The van der Waals surface area contributed by atoms with Gasteiger partial charge in [0.15, 0.2) is 11.5 Å². The first-order valence-corrected chi connectivity index (χ1v) is 5.73. The number of nitrogens with zero attached hydrogens (tertiary/aromatic N) is 1. The molecule has 0 radical (unpaired) electrons. The molecule has 1 unspecified atom stereocenters. The highest BCUT2D eigenvalue weighted by atomic mass is 16.4. The van der Waals surface area contributed by atoms with Crippen LogP contribution in [-0.4, -0.2) is 16.1 Å². The van der Waals surface area contributed by atoms with Gasteiger partial charge < -0.3 is 9.52 Å². The molecule has 0 saturated heterocycles. The van der Waals surface area contributed by atoms with Crippen LogP contribution in [0.1, 0.15) is 36.5 Å². The van der Waals surface area contributed by atoms with Crippen LogP contribution in [0.2, 0.25) is 0 Å². The number of benzene rings is 1. The Morgan fingerprint density at radius 2 is 2.29 bits per heavy atom. The highest BCUT2D eigenvalue weighted by molar-refractivity contribution is 5.91. The Balaban J connectivity index is 2.33. The molecule has 0 aliphatic carbocycles. The molecule has 0 spiro atoms. The Bertz CT molecular complexity index is 545. The normalized spacial score (nSPS) is 12.8. The highest BCUT2D eigenvalue weighted by Crippen LogP contribution is 2.20. The van der Waals surface area contributed by atoms with Gasteiger partial charge in [-0.1, -0.05) is 20.3 Å². The maximum absolute atomic E-state index is 10.8. The second-order valence-corrected chi connectivity index (χ2v) is 4.31. The van der Waals surface area contributed by atoms with Crippen LogP contribution in [0, 0.1) is 5.92 Å². The number of hydrogen-bond acceptors (Lipinski definition) is 3. The lowest BCUT2D eigenvalue weighted by molar-refractivity contribution is 0.0697. The summed E-state index contributed by atoms with van der Waals surface area (Å²) in [5.74, 6) is 0.247. The van der Waals surface area contributed by atoms with Gasteiger partial charge in [-0.15, -0.1) is 0 Å². The van der Waals surface area contributed by atoms with Crippen LogP contribution in [0.3, 0.4) is 0 Å². The summed E-state index contributed by atoms with van der Waals surface area (Å²) in [4.78, 5) is 15.1. The van der Waals surface area contributed by atoms with Crippen molar-refractivity contribution >= 4 is 17.1 Å². The van der Waals surface area contributed by atoms with Gasteiger partial charge in [0.05, 0.1) is 5.56 Å². The number of carbonyl (C=O) groups is 1. The zero-order valence-electron chi connectivity index (χ0n) is 9.93. The molecule has 4 heteroatoms. The van der Waals surface area contributed by atoms with Crippen LogP contribution in [0.4, 0.5) is 0 Å². The summed E-state index contributed by atoms with van der Waals surface area (Å²) < 4.78 is 5.57. The molecule has 4 nitrogen and oxygen atoms in total. The van der Waals surface area contributed by atoms with E-state index in [-0.39, 0.29) is 5.56 Å². The van der Waals surface area contributed by atoms with Gasteiger partial charge in [0.25, 0.3) is 0 Å². The van der Waals surface area contributed by atoms with Crippen LogP contribution in [0.5, 0.6) is 0 Å². The van der Waals surface area contributed by atoms with E-state index in [1.807, 2.05) is 0 Å². The van der Waals surface area contributed by atoms with E-state index in [4.69, 9.17) is 9.52 Å². The largest absolute Gasteiger partial charge is 0.478 e. The molecule has 0 amide bonds. The number of rotatable bonds is 4. The summed E-state index contributed by atoms with van der Waals surface area (Å²) >= 11 is 0. The first kappa shape index (κ1) is 11.6. The molecule has 0 aliphatic heterocycles. The number of carboxylic acids is 1. The predicted molar refractivity (Wildman–Crippen MR) is 64.1 cm³/mol. The monoisotopic (exact) mass is 233 g/mol. The summed E-state index contributed by atoms with van der Waals surface area (Å²) in [5, 5.41) is 8.88. The van der Waals surface area contributed by atoms with E-state index in [0.29, 0.717) is 22.9 Å². The minimum Gasteiger partial charge on any atom is -0.478 e. The first-order chi connectivity index (χ1) is 8.10. The van der Waals surface area contributed by atoms with Crippen molar-refractivity contribution < 1.29 is 14.3 Å². The number of carboxylic acid groups (broad SMARTS) is 1. The summed E-state index contributed by atoms with van der Waals surface area (Å²) in [6.07, 6.45) is 1.85. The molecule has 1 N–H and O–H groups in total. The Hall–Kier alpha value is -1.84. The van der Waals surface area contributed by atoms with Crippen molar-refractivity contribution in [3.63, 3.8) is 0 Å². The molecule has 17 heavy (non-hydrogen) atoms. The van der Waals surface area contributed by atoms with E-state index in [1.165, 1.54) is 6.07 Å². The van der Waals surface area contributed by atoms with Crippen LogP contribution in [-0.2, 0) is 6.42 Å². The number of aromatic carboxylic acids is 1. The molecule has 2 rings (SSSR count). The fourth-order valence-corrected chi connectivity index (χ4v) is 1.64. The van der Waals surface area contributed by atoms with Crippen molar-refractivity contribution in [2.75, 3.05) is 0 Å². The molecule has 0 aliphatic rings. The van der Waals surface area contributed by atoms with Gasteiger partial charge in [0.2, 0.25) is 0 Å². The minimum absolute atomic E-state index is 0.237. The third-order valence-corrected chi connectivity index (χ3v) is 2.90. The summed E-state index contributed by atoms with van der Waals surface area (Å²) in [7, 11) is 0. The molecular formula is C13H15NO3. The maximum Gasteiger partial charge on any atom is 0.335 e. The number of aromatic nitrogens is 1. The topological polar surface area (TPSA) is 63.3 Å². The van der Waals surface area contributed by atoms with Crippen LogP contribution >= 0.6 is 0 Å². The summed E-state index contributed by atoms with van der Waals surface area (Å²) in [6.45, 7) is 4.26. The van der Waals surface area contributed by atoms with Crippen molar-refractivity contribution in [2.45, 2.75) is 26.7 Å². The number of fused-ring (bicyclic) bond motifs is 1. The highest BCUT2D eigenvalue weighted by Gasteiger charge is 2.11. The maximum atomic E-state index is 10.8. The van der Waals surface area contributed by atoms with Crippen molar-refractivity contribution in [3.05, 3.63) is 29.7 Å². The van der Waals surface area contributed by atoms with E-state index in [2.05, 4.69) is 18.8 Å². The smallest absolute Gasteiger partial charge is 0.335 e. The van der Waals surface area contributed by atoms with Gasteiger partial charge in [-0.2, -0.15) is 0 Å². The van der Waals surface area contributed by atoms with Crippen molar-refractivity contribution in [3.8, 4) is 0 Å². The van der Waals surface area contributed by atoms with E-state index in [0.717, 1.165) is 12.8 Å². The van der Waals surface area contributed by atoms with Gasteiger partial charge in [-0.3, -0.25) is 0 Å². The standard InChI is InChI=1S/C13H15NO3/c1-3-8(2)6-12-14-10-7-9(13(15)16)4-5-11(10)17-12/h4-5,7-8H,3,6H2,1-2H3,(H,15,16). The van der Waals surface area contributed by atoms with Gasteiger partial charge in [-0.25, -0.2) is 9.78 Å². The van der Waals surface area contributed by atoms with E-state index in [9.17, 15) is 4.79 Å². The fraction of sp³-hybridized carbons (Fsp3) is 0.385.